The Morgan fingerprint density at radius 1 is 0.767 bits per heavy atom. The van der Waals surface area contributed by atoms with E-state index in [1.807, 2.05) is 28.1 Å². The summed E-state index contributed by atoms with van der Waals surface area (Å²) in [6.07, 6.45) is 24.5. The molecule has 0 spiro atoms. The average molecular weight is 447 g/mol. The SMILES string of the molecule is CCC=CCCCCCCCCCCCCCCCOP(=O)(O)C(CC)[N+](C)(C)C. The minimum Gasteiger partial charge on any atom is -0.320 e. The van der Waals surface area contributed by atoms with E-state index < -0.39 is 7.60 Å². The summed E-state index contributed by atoms with van der Waals surface area (Å²) >= 11 is 0. The Morgan fingerprint density at radius 2 is 1.20 bits per heavy atom. The molecule has 0 saturated heterocycles. The first kappa shape index (κ1) is 29.9. The van der Waals surface area contributed by atoms with Crippen LogP contribution in [0, 0.1) is 0 Å². The molecule has 0 rings (SSSR count). The lowest BCUT2D eigenvalue weighted by molar-refractivity contribution is -0.883. The van der Waals surface area contributed by atoms with Crippen LogP contribution in [0.4, 0.5) is 0 Å². The molecule has 0 aromatic carbocycles. The lowest BCUT2D eigenvalue weighted by Gasteiger charge is -2.35. The minimum atomic E-state index is -3.55. The molecular formula is C25H53NO3P+. The number of quaternary nitrogens is 1. The second-order valence-corrected chi connectivity index (χ2v) is 11.6. The van der Waals surface area contributed by atoms with Crippen LogP contribution < -0.4 is 0 Å². The van der Waals surface area contributed by atoms with E-state index in [0.29, 0.717) is 17.5 Å². The fourth-order valence-electron chi connectivity index (χ4n) is 4.09. The van der Waals surface area contributed by atoms with Gasteiger partial charge in [-0.25, -0.2) is 0 Å². The Bertz CT molecular complexity index is 460. The van der Waals surface area contributed by atoms with Gasteiger partial charge in [-0.05, 0) is 25.7 Å². The van der Waals surface area contributed by atoms with Crippen LogP contribution in [0.1, 0.15) is 117 Å². The molecule has 2 unspecified atom stereocenters. The van der Waals surface area contributed by atoms with Crippen molar-refractivity contribution < 1.29 is 18.5 Å². The molecule has 0 fully saturated rings. The van der Waals surface area contributed by atoms with Crippen LogP contribution in [-0.4, -0.2) is 42.9 Å². The summed E-state index contributed by atoms with van der Waals surface area (Å²) in [6.45, 7) is 4.55. The summed E-state index contributed by atoms with van der Waals surface area (Å²) in [5.41, 5.74) is 0. The molecule has 0 radical (unpaired) electrons. The molecule has 1 N–H and O–H groups in total. The second kappa shape index (κ2) is 18.4. The van der Waals surface area contributed by atoms with Crippen molar-refractivity contribution in [3.63, 3.8) is 0 Å². The first-order valence-corrected chi connectivity index (χ1v) is 14.3. The number of hydrogen-bond acceptors (Lipinski definition) is 2. The zero-order chi connectivity index (χ0) is 22.7. The monoisotopic (exact) mass is 446 g/mol. The van der Waals surface area contributed by atoms with Gasteiger partial charge in [0.25, 0.3) is 0 Å². The van der Waals surface area contributed by atoms with Crippen molar-refractivity contribution in [1.82, 2.24) is 0 Å². The molecule has 0 saturated carbocycles. The van der Waals surface area contributed by atoms with Crippen LogP contribution in [0.3, 0.4) is 0 Å². The van der Waals surface area contributed by atoms with Crippen molar-refractivity contribution >= 4 is 7.60 Å². The highest BCUT2D eigenvalue weighted by molar-refractivity contribution is 7.53. The zero-order valence-electron chi connectivity index (χ0n) is 20.9. The van der Waals surface area contributed by atoms with Crippen molar-refractivity contribution in [2.75, 3.05) is 27.7 Å². The molecule has 180 valence electrons. The van der Waals surface area contributed by atoms with Gasteiger partial charge in [-0.2, -0.15) is 0 Å². The molecule has 5 heteroatoms. The van der Waals surface area contributed by atoms with E-state index in [-0.39, 0.29) is 5.78 Å². The molecule has 4 nitrogen and oxygen atoms in total. The quantitative estimate of drug-likeness (QED) is 0.0839. The Labute approximate surface area is 188 Å². The van der Waals surface area contributed by atoms with Crippen molar-refractivity contribution in [2.45, 2.75) is 122 Å². The van der Waals surface area contributed by atoms with Crippen LogP contribution >= 0.6 is 7.60 Å². The Hall–Kier alpha value is -0.150. The van der Waals surface area contributed by atoms with Crippen molar-refractivity contribution in [2.24, 2.45) is 0 Å². The maximum absolute atomic E-state index is 12.5. The van der Waals surface area contributed by atoms with E-state index in [9.17, 15) is 9.46 Å². The summed E-state index contributed by atoms with van der Waals surface area (Å²) in [4.78, 5) is 10.3. The second-order valence-electron chi connectivity index (χ2n) is 9.67. The van der Waals surface area contributed by atoms with Gasteiger partial charge >= 0.3 is 7.60 Å². The largest absolute Gasteiger partial charge is 0.385 e. The molecule has 0 aromatic rings. The molecule has 0 aromatic heterocycles. The number of unbranched alkanes of at least 4 members (excludes halogenated alkanes) is 13. The topological polar surface area (TPSA) is 46.5 Å². The third kappa shape index (κ3) is 16.5. The molecule has 2 atom stereocenters. The lowest BCUT2D eigenvalue weighted by Crippen LogP contribution is -2.44. The van der Waals surface area contributed by atoms with E-state index in [4.69, 9.17) is 4.52 Å². The van der Waals surface area contributed by atoms with Gasteiger partial charge in [0.2, 0.25) is 0 Å². The summed E-state index contributed by atoms with van der Waals surface area (Å²) in [6, 6.07) is 0. The van der Waals surface area contributed by atoms with Crippen LogP contribution in [0.15, 0.2) is 12.2 Å². The van der Waals surface area contributed by atoms with Gasteiger partial charge in [0.1, 0.15) is 0 Å². The van der Waals surface area contributed by atoms with Crippen LogP contribution in [0.5, 0.6) is 0 Å². The van der Waals surface area contributed by atoms with Crippen LogP contribution in [0.25, 0.3) is 0 Å². The molecule has 0 aliphatic rings. The maximum atomic E-state index is 12.5. The zero-order valence-corrected chi connectivity index (χ0v) is 21.8. The van der Waals surface area contributed by atoms with Gasteiger partial charge in [0, 0.05) is 6.42 Å². The third-order valence-electron chi connectivity index (χ3n) is 5.83. The fourth-order valence-corrected chi connectivity index (χ4v) is 5.99. The molecular weight excluding hydrogens is 393 g/mol. The lowest BCUT2D eigenvalue weighted by atomic mass is 10.0. The van der Waals surface area contributed by atoms with E-state index >= 15 is 0 Å². The predicted molar refractivity (Wildman–Crippen MR) is 132 cm³/mol. The number of hydrogen-bond donors (Lipinski definition) is 1. The van der Waals surface area contributed by atoms with E-state index in [0.717, 1.165) is 19.3 Å². The summed E-state index contributed by atoms with van der Waals surface area (Å²) in [7, 11) is 2.31. The number of rotatable bonds is 21. The highest BCUT2D eigenvalue weighted by atomic mass is 31.2. The summed E-state index contributed by atoms with van der Waals surface area (Å²) < 4.78 is 18.4. The molecule has 0 aliphatic carbocycles. The van der Waals surface area contributed by atoms with Gasteiger partial charge < -0.3 is 13.9 Å². The standard InChI is InChI=1S/C25H52NO3P/c1-6-8-9-10-11-12-13-14-15-16-17-18-19-20-21-22-23-24-29-30(27,28)25(7-2)26(3,4)5/h8-9,25H,6-7,10-24H2,1-5H3/p+1. The van der Waals surface area contributed by atoms with Crippen molar-refractivity contribution in [3.8, 4) is 0 Å². The van der Waals surface area contributed by atoms with Gasteiger partial charge in [0.05, 0.1) is 27.7 Å². The molecule has 30 heavy (non-hydrogen) atoms. The van der Waals surface area contributed by atoms with Crippen molar-refractivity contribution in [1.29, 1.82) is 0 Å². The normalized spacial score (nSPS) is 15.5. The first-order valence-electron chi connectivity index (χ1n) is 12.7. The van der Waals surface area contributed by atoms with E-state index in [2.05, 4.69) is 19.1 Å². The Balaban J connectivity index is 3.45. The Morgan fingerprint density at radius 3 is 1.60 bits per heavy atom. The third-order valence-corrected chi connectivity index (χ3v) is 8.19. The number of allylic oxidation sites excluding steroid dienone is 2. The smallest absolute Gasteiger partial charge is 0.320 e. The van der Waals surface area contributed by atoms with Gasteiger partial charge in [-0.15, -0.1) is 0 Å². The van der Waals surface area contributed by atoms with Gasteiger partial charge in [-0.1, -0.05) is 96.6 Å². The van der Waals surface area contributed by atoms with Gasteiger partial charge in [0.15, 0.2) is 5.78 Å². The van der Waals surface area contributed by atoms with Crippen LogP contribution in [-0.2, 0) is 9.09 Å². The minimum absolute atomic E-state index is 0.347. The van der Waals surface area contributed by atoms with Crippen molar-refractivity contribution in [3.05, 3.63) is 12.2 Å². The maximum Gasteiger partial charge on any atom is 0.385 e. The first-order chi connectivity index (χ1) is 14.3. The summed E-state index contributed by atoms with van der Waals surface area (Å²) in [5.74, 6) is -0.347. The molecule has 0 amide bonds. The fraction of sp³-hybridized carbons (Fsp3) is 0.920. The molecule has 0 bridgehead atoms. The van der Waals surface area contributed by atoms with E-state index in [1.54, 1.807) is 0 Å². The van der Waals surface area contributed by atoms with E-state index in [1.165, 1.54) is 77.0 Å². The van der Waals surface area contributed by atoms with Crippen LogP contribution in [0.2, 0.25) is 0 Å². The van der Waals surface area contributed by atoms with Gasteiger partial charge in [-0.3, -0.25) is 4.57 Å². The molecule has 0 aliphatic heterocycles. The highest BCUT2D eigenvalue weighted by Crippen LogP contribution is 2.51. The number of nitrogens with zero attached hydrogens (tertiary/aromatic N) is 1. The summed E-state index contributed by atoms with van der Waals surface area (Å²) in [5, 5.41) is 0. The molecule has 0 heterocycles. The highest BCUT2D eigenvalue weighted by Gasteiger charge is 2.41. The Kier molecular flexibility index (Phi) is 18.3. The predicted octanol–water partition coefficient (Wildman–Crippen LogP) is 8.06. The average Bonchev–Trinajstić information content (AvgIpc) is 2.66.